The Bertz CT molecular complexity index is 592. The highest BCUT2D eigenvalue weighted by atomic mass is 79.9. The molecule has 4 heteroatoms. The van der Waals surface area contributed by atoms with Crippen molar-refractivity contribution in [3.63, 3.8) is 0 Å². The van der Waals surface area contributed by atoms with Gasteiger partial charge in [0.15, 0.2) is 0 Å². The van der Waals surface area contributed by atoms with Gasteiger partial charge in [0, 0.05) is 43.6 Å². The van der Waals surface area contributed by atoms with Crippen LogP contribution in [0.25, 0.3) is 0 Å². The van der Waals surface area contributed by atoms with Crippen LogP contribution < -0.4 is 10.1 Å². The molecule has 1 saturated heterocycles. The van der Waals surface area contributed by atoms with Crippen molar-refractivity contribution in [3.8, 4) is 5.75 Å². The van der Waals surface area contributed by atoms with Crippen molar-refractivity contribution in [1.29, 1.82) is 0 Å². The standard InChI is InChI=1S/C19H23BrN2O/c20-18-5-7-19(8-6-18)23-14-9-16-1-3-17(4-2-16)15-22-12-10-21-11-13-22/h1-8,21H,9-15H2. The molecule has 122 valence electrons. The number of hydrogen-bond donors (Lipinski definition) is 1. The van der Waals surface area contributed by atoms with Crippen LogP contribution in [-0.2, 0) is 13.0 Å². The molecule has 0 atom stereocenters. The Hall–Kier alpha value is -1.36. The zero-order chi connectivity index (χ0) is 15.9. The van der Waals surface area contributed by atoms with E-state index < -0.39 is 0 Å². The molecular formula is C19H23BrN2O. The quantitative estimate of drug-likeness (QED) is 0.837. The van der Waals surface area contributed by atoms with Gasteiger partial charge in [0.2, 0.25) is 0 Å². The molecule has 0 saturated carbocycles. The minimum atomic E-state index is 0.707. The van der Waals surface area contributed by atoms with Crippen molar-refractivity contribution in [1.82, 2.24) is 10.2 Å². The van der Waals surface area contributed by atoms with Gasteiger partial charge in [-0.1, -0.05) is 40.2 Å². The number of nitrogens with zero attached hydrogens (tertiary/aromatic N) is 1. The van der Waals surface area contributed by atoms with Crippen LogP contribution in [0.2, 0.25) is 0 Å². The first-order valence-corrected chi connectivity index (χ1v) is 8.98. The summed E-state index contributed by atoms with van der Waals surface area (Å²) in [6.07, 6.45) is 0.935. The number of hydrogen-bond acceptors (Lipinski definition) is 3. The lowest BCUT2D eigenvalue weighted by Gasteiger charge is -2.27. The largest absolute Gasteiger partial charge is 0.493 e. The first-order valence-electron chi connectivity index (χ1n) is 8.19. The fourth-order valence-corrected chi connectivity index (χ4v) is 3.02. The van der Waals surface area contributed by atoms with Gasteiger partial charge in [-0.25, -0.2) is 0 Å². The van der Waals surface area contributed by atoms with Gasteiger partial charge in [-0.3, -0.25) is 4.90 Å². The normalized spacial score (nSPS) is 15.5. The summed E-state index contributed by atoms with van der Waals surface area (Å²) in [6.45, 7) is 6.25. The molecule has 0 spiro atoms. The van der Waals surface area contributed by atoms with Crippen LogP contribution >= 0.6 is 15.9 Å². The van der Waals surface area contributed by atoms with Crippen LogP contribution in [0.15, 0.2) is 53.0 Å². The number of benzene rings is 2. The molecule has 1 aliphatic rings. The van der Waals surface area contributed by atoms with Gasteiger partial charge in [-0.15, -0.1) is 0 Å². The van der Waals surface area contributed by atoms with Gasteiger partial charge < -0.3 is 10.1 Å². The summed E-state index contributed by atoms with van der Waals surface area (Å²) in [5.41, 5.74) is 2.72. The van der Waals surface area contributed by atoms with E-state index in [1.54, 1.807) is 0 Å². The average molecular weight is 375 g/mol. The smallest absolute Gasteiger partial charge is 0.119 e. The molecule has 3 rings (SSSR count). The third-order valence-corrected chi connectivity index (χ3v) is 4.64. The number of piperazine rings is 1. The lowest BCUT2D eigenvalue weighted by molar-refractivity contribution is 0.233. The van der Waals surface area contributed by atoms with Gasteiger partial charge in [-0.05, 0) is 35.4 Å². The number of rotatable bonds is 6. The van der Waals surface area contributed by atoms with E-state index in [1.165, 1.54) is 11.1 Å². The van der Waals surface area contributed by atoms with Crippen molar-refractivity contribution in [2.24, 2.45) is 0 Å². The van der Waals surface area contributed by atoms with Crippen molar-refractivity contribution in [2.45, 2.75) is 13.0 Å². The zero-order valence-corrected chi connectivity index (χ0v) is 14.9. The van der Waals surface area contributed by atoms with Crippen LogP contribution in [0.3, 0.4) is 0 Å². The summed E-state index contributed by atoms with van der Waals surface area (Å²) >= 11 is 3.43. The average Bonchev–Trinajstić information content (AvgIpc) is 2.59. The lowest BCUT2D eigenvalue weighted by Crippen LogP contribution is -2.42. The molecule has 1 fully saturated rings. The fraction of sp³-hybridized carbons (Fsp3) is 0.368. The van der Waals surface area contributed by atoms with Crippen molar-refractivity contribution in [3.05, 3.63) is 64.1 Å². The number of halogens is 1. The SMILES string of the molecule is Brc1ccc(OCCc2ccc(CN3CCNCC3)cc2)cc1. The maximum absolute atomic E-state index is 5.78. The monoisotopic (exact) mass is 374 g/mol. The molecule has 1 heterocycles. The molecule has 2 aromatic carbocycles. The lowest BCUT2D eigenvalue weighted by atomic mass is 10.1. The Morgan fingerprint density at radius 1 is 0.913 bits per heavy atom. The van der Waals surface area contributed by atoms with E-state index in [1.807, 2.05) is 24.3 Å². The second-order valence-corrected chi connectivity index (χ2v) is 6.81. The Morgan fingerprint density at radius 3 is 2.26 bits per heavy atom. The van der Waals surface area contributed by atoms with Crippen molar-refractivity contribution >= 4 is 15.9 Å². The van der Waals surface area contributed by atoms with Gasteiger partial charge in [0.25, 0.3) is 0 Å². The molecule has 1 N–H and O–H groups in total. The molecule has 2 aromatic rings. The Labute approximate surface area is 146 Å². The molecule has 23 heavy (non-hydrogen) atoms. The molecule has 1 aliphatic heterocycles. The molecule has 0 amide bonds. The molecule has 0 aromatic heterocycles. The van der Waals surface area contributed by atoms with Gasteiger partial charge >= 0.3 is 0 Å². The van der Waals surface area contributed by atoms with Gasteiger partial charge in [-0.2, -0.15) is 0 Å². The van der Waals surface area contributed by atoms with Crippen LogP contribution in [0.1, 0.15) is 11.1 Å². The topological polar surface area (TPSA) is 24.5 Å². The fourth-order valence-electron chi connectivity index (χ4n) is 2.76. The second kappa shape index (κ2) is 8.48. The summed E-state index contributed by atoms with van der Waals surface area (Å²) in [7, 11) is 0. The summed E-state index contributed by atoms with van der Waals surface area (Å²) in [4.78, 5) is 2.50. The molecular weight excluding hydrogens is 352 g/mol. The van der Waals surface area contributed by atoms with E-state index in [2.05, 4.69) is 50.4 Å². The van der Waals surface area contributed by atoms with Crippen LogP contribution in [0.4, 0.5) is 0 Å². The number of ether oxygens (including phenoxy) is 1. The summed E-state index contributed by atoms with van der Waals surface area (Å²) in [5, 5.41) is 3.39. The van der Waals surface area contributed by atoms with Crippen LogP contribution in [-0.4, -0.2) is 37.7 Å². The van der Waals surface area contributed by atoms with Crippen molar-refractivity contribution < 1.29 is 4.74 Å². The van der Waals surface area contributed by atoms with Gasteiger partial charge in [0.1, 0.15) is 5.75 Å². The molecule has 3 nitrogen and oxygen atoms in total. The summed E-state index contributed by atoms with van der Waals surface area (Å²) in [6, 6.07) is 16.9. The predicted octanol–water partition coefficient (Wildman–Crippen LogP) is 3.48. The van der Waals surface area contributed by atoms with E-state index in [4.69, 9.17) is 4.74 Å². The zero-order valence-electron chi connectivity index (χ0n) is 13.3. The third kappa shape index (κ3) is 5.34. The predicted molar refractivity (Wildman–Crippen MR) is 97.9 cm³/mol. The number of nitrogens with one attached hydrogen (secondary N) is 1. The molecule has 0 unspecified atom stereocenters. The molecule has 0 radical (unpaired) electrons. The molecule has 0 bridgehead atoms. The minimum absolute atomic E-state index is 0.707. The second-order valence-electron chi connectivity index (χ2n) is 5.90. The minimum Gasteiger partial charge on any atom is -0.493 e. The van der Waals surface area contributed by atoms with Crippen LogP contribution in [0, 0.1) is 0 Å². The van der Waals surface area contributed by atoms with E-state index in [9.17, 15) is 0 Å². The van der Waals surface area contributed by atoms with Crippen molar-refractivity contribution in [2.75, 3.05) is 32.8 Å². The first kappa shape index (κ1) is 16.5. The maximum Gasteiger partial charge on any atom is 0.119 e. The maximum atomic E-state index is 5.78. The van der Waals surface area contributed by atoms with E-state index >= 15 is 0 Å². The highest BCUT2D eigenvalue weighted by Crippen LogP contribution is 2.16. The van der Waals surface area contributed by atoms with E-state index in [0.29, 0.717) is 6.61 Å². The highest BCUT2D eigenvalue weighted by Gasteiger charge is 2.09. The van der Waals surface area contributed by atoms with E-state index in [0.717, 1.165) is 49.4 Å². The summed E-state index contributed by atoms with van der Waals surface area (Å²) < 4.78 is 6.85. The Morgan fingerprint density at radius 2 is 1.57 bits per heavy atom. The summed E-state index contributed by atoms with van der Waals surface area (Å²) in [5.74, 6) is 0.920. The van der Waals surface area contributed by atoms with Gasteiger partial charge in [0.05, 0.1) is 6.61 Å². The highest BCUT2D eigenvalue weighted by molar-refractivity contribution is 9.10. The Kier molecular flexibility index (Phi) is 6.08. The van der Waals surface area contributed by atoms with E-state index in [-0.39, 0.29) is 0 Å². The third-order valence-electron chi connectivity index (χ3n) is 4.11. The Balaban J connectivity index is 1.44. The first-order chi connectivity index (χ1) is 11.3. The molecule has 0 aliphatic carbocycles. The van der Waals surface area contributed by atoms with Crippen LogP contribution in [0.5, 0.6) is 5.75 Å².